The maximum absolute atomic E-state index is 13.4. The SMILES string of the molecule is O=S(=O)(c1ccc(F)cc1)[C@]1(c2ccc(C(O)(C(F)(F)F)C(F)(F)F)cc2)CC[C@@H](O)C1. The highest BCUT2D eigenvalue weighted by Gasteiger charge is 2.71. The topological polar surface area (TPSA) is 74.6 Å². The lowest BCUT2D eigenvalue weighted by atomic mass is 9.88. The number of aliphatic hydroxyl groups excluding tert-OH is 1. The summed E-state index contributed by atoms with van der Waals surface area (Å²) >= 11 is 0. The fraction of sp³-hybridized carbons (Fsp3) is 0.400. The molecule has 2 atom stereocenters. The first-order valence-electron chi connectivity index (χ1n) is 9.21. The van der Waals surface area contributed by atoms with Crippen molar-refractivity contribution < 1.29 is 49.4 Å². The Hall–Kier alpha value is -2.18. The van der Waals surface area contributed by atoms with Gasteiger partial charge in [0.1, 0.15) is 10.6 Å². The van der Waals surface area contributed by atoms with Crippen LogP contribution >= 0.6 is 0 Å². The molecule has 176 valence electrons. The Bertz CT molecular complexity index is 1060. The molecule has 3 rings (SSSR count). The highest BCUT2D eigenvalue weighted by molar-refractivity contribution is 7.92. The molecule has 1 saturated carbocycles. The molecular weight excluding hydrogens is 469 g/mol. The third-order valence-corrected chi connectivity index (χ3v) is 8.26. The van der Waals surface area contributed by atoms with Crippen LogP contribution in [0.25, 0.3) is 0 Å². The molecule has 0 bridgehead atoms. The van der Waals surface area contributed by atoms with Gasteiger partial charge in [0.2, 0.25) is 0 Å². The molecule has 2 aromatic carbocycles. The van der Waals surface area contributed by atoms with E-state index in [-0.39, 0.29) is 29.7 Å². The number of rotatable bonds is 4. The molecule has 0 radical (unpaired) electrons. The van der Waals surface area contributed by atoms with E-state index in [9.17, 15) is 49.4 Å². The molecular formula is C20H17F7O4S. The molecule has 1 aliphatic rings. The second-order valence-electron chi connectivity index (χ2n) is 7.63. The van der Waals surface area contributed by atoms with Gasteiger partial charge in [-0.2, -0.15) is 26.3 Å². The van der Waals surface area contributed by atoms with Gasteiger partial charge in [0, 0.05) is 5.56 Å². The monoisotopic (exact) mass is 486 g/mol. The summed E-state index contributed by atoms with van der Waals surface area (Å²) in [4.78, 5) is -0.320. The van der Waals surface area contributed by atoms with Crippen LogP contribution in [0.3, 0.4) is 0 Å². The Labute approximate surface area is 178 Å². The van der Waals surface area contributed by atoms with Crippen LogP contribution in [0.4, 0.5) is 30.7 Å². The molecule has 0 amide bonds. The number of hydrogen-bond donors (Lipinski definition) is 2. The maximum atomic E-state index is 13.4. The van der Waals surface area contributed by atoms with Crippen molar-refractivity contribution in [1.82, 2.24) is 0 Å². The van der Waals surface area contributed by atoms with Gasteiger partial charge < -0.3 is 10.2 Å². The van der Waals surface area contributed by atoms with Gasteiger partial charge in [-0.05, 0) is 49.1 Å². The standard InChI is InChI=1S/C20H17F7O4S/c21-14-5-7-16(8-6-14)32(30,31)17(10-9-15(28)11-17)12-1-3-13(4-2-12)18(29,19(22,23)24)20(25,26)27/h1-8,15,28-29H,9-11H2/t15-,17-/m1/s1. The molecule has 12 heteroatoms. The zero-order valence-corrected chi connectivity index (χ0v) is 16.9. The second kappa shape index (κ2) is 7.70. The van der Waals surface area contributed by atoms with Crippen LogP contribution in [-0.4, -0.2) is 37.1 Å². The van der Waals surface area contributed by atoms with E-state index in [1.807, 2.05) is 0 Å². The number of benzene rings is 2. The predicted molar refractivity (Wildman–Crippen MR) is 97.6 cm³/mol. The first-order valence-corrected chi connectivity index (χ1v) is 10.7. The first-order chi connectivity index (χ1) is 14.6. The molecule has 0 heterocycles. The lowest BCUT2D eigenvalue weighted by Gasteiger charge is -2.34. The van der Waals surface area contributed by atoms with Crippen LogP contribution < -0.4 is 0 Å². The molecule has 0 aromatic heterocycles. The van der Waals surface area contributed by atoms with E-state index >= 15 is 0 Å². The molecule has 4 nitrogen and oxygen atoms in total. The lowest BCUT2D eigenvalue weighted by Crippen LogP contribution is -2.53. The van der Waals surface area contributed by atoms with Crippen LogP contribution in [0, 0.1) is 5.82 Å². The molecule has 0 spiro atoms. The van der Waals surface area contributed by atoms with E-state index in [0.29, 0.717) is 12.1 Å². The third kappa shape index (κ3) is 3.67. The van der Waals surface area contributed by atoms with E-state index in [0.717, 1.165) is 36.4 Å². The summed E-state index contributed by atoms with van der Waals surface area (Å²) in [6.07, 6.45) is -13.8. The van der Waals surface area contributed by atoms with Crippen LogP contribution in [0.5, 0.6) is 0 Å². The fourth-order valence-electron chi connectivity index (χ4n) is 3.99. The van der Waals surface area contributed by atoms with Gasteiger partial charge in [0.15, 0.2) is 9.84 Å². The molecule has 2 N–H and O–H groups in total. The molecule has 2 aromatic rings. The minimum atomic E-state index is -6.09. The van der Waals surface area contributed by atoms with Crippen LogP contribution in [0.2, 0.25) is 0 Å². The summed E-state index contributed by atoms with van der Waals surface area (Å²) in [6.45, 7) is 0. The van der Waals surface area contributed by atoms with Gasteiger partial charge in [-0.25, -0.2) is 12.8 Å². The van der Waals surface area contributed by atoms with Crippen molar-refractivity contribution in [3.63, 3.8) is 0 Å². The fourth-order valence-corrected chi connectivity index (χ4v) is 6.18. The minimum absolute atomic E-state index is 0.0111. The number of halogens is 7. The molecule has 0 aliphatic heterocycles. The quantitative estimate of drug-likeness (QED) is 0.498. The van der Waals surface area contributed by atoms with Crippen molar-refractivity contribution in [3.8, 4) is 0 Å². The first kappa shape index (κ1) is 24.5. The summed E-state index contributed by atoms with van der Waals surface area (Å²) in [5.41, 5.74) is -6.85. The van der Waals surface area contributed by atoms with Crippen LogP contribution in [-0.2, 0) is 20.2 Å². The van der Waals surface area contributed by atoms with Crippen LogP contribution in [0.15, 0.2) is 53.4 Å². The van der Waals surface area contributed by atoms with Gasteiger partial charge in [-0.1, -0.05) is 24.3 Å². The molecule has 0 unspecified atom stereocenters. The minimum Gasteiger partial charge on any atom is -0.393 e. The highest BCUT2D eigenvalue weighted by atomic mass is 32.2. The van der Waals surface area contributed by atoms with Gasteiger partial charge in [0.25, 0.3) is 5.60 Å². The number of alkyl halides is 6. The normalized spacial score (nSPS) is 22.8. The number of aliphatic hydroxyl groups is 2. The van der Waals surface area contributed by atoms with Crippen molar-refractivity contribution in [2.45, 2.75) is 53.0 Å². The summed E-state index contributed by atoms with van der Waals surface area (Å²) in [7, 11) is -4.34. The van der Waals surface area contributed by atoms with Crippen molar-refractivity contribution >= 4 is 9.84 Å². The highest BCUT2D eigenvalue weighted by Crippen LogP contribution is 2.52. The van der Waals surface area contributed by atoms with E-state index in [2.05, 4.69) is 0 Å². The average molecular weight is 486 g/mol. The van der Waals surface area contributed by atoms with Gasteiger partial charge in [-0.15, -0.1) is 0 Å². The molecule has 32 heavy (non-hydrogen) atoms. The third-order valence-electron chi connectivity index (χ3n) is 5.73. The molecule has 0 saturated heterocycles. The van der Waals surface area contributed by atoms with Gasteiger partial charge >= 0.3 is 12.4 Å². The van der Waals surface area contributed by atoms with E-state index in [4.69, 9.17) is 0 Å². The van der Waals surface area contributed by atoms with Crippen molar-refractivity contribution in [1.29, 1.82) is 0 Å². The number of hydrogen-bond acceptors (Lipinski definition) is 4. The average Bonchev–Trinajstić information content (AvgIpc) is 3.09. The van der Waals surface area contributed by atoms with Crippen molar-refractivity contribution in [2.75, 3.05) is 0 Å². The van der Waals surface area contributed by atoms with E-state index < -0.39 is 50.0 Å². The van der Waals surface area contributed by atoms with Crippen molar-refractivity contribution in [3.05, 3.63) is 65.5 Å². The van der Waals surface area contributed by atoms with E-state index in [1.54, 1.807) is 0 Å². The Balaban J connectivity index is 2.14. The summed E-state index contributed by atoms with van der Waals surface area (Å²) < 4.78 is 117. The van der Waals surface area contributed by atoms with E-state index in [1.165, 1.54) is 0 Å². The Kier molecular flexibility index (Phi) is 5.89. The Morgan fingerprint density at radius 1 is 0.875 bits per heavy atom. The Morgan fingerprint density at radius 2 is 1.38 bits per heavy atom. The van der Waals surface area contributed by atoms with Gasteiger partial charge in [0.05, 0.1) is 11.0 Å². The number of sulfone groups is 1. The smallest absolute Gasteiger partial charge is 0.393 e. The maximum Gasteiger partial charge on any atom is 0.430 e. The van der Waals surface area contributed by atoms with Crippen molar-refractivity contribution in [2.24, 2.45) is 0 Å². The molecule has 1 aliphatic carbocycles. The predicted octanol–water partition coefficient (Wildman–Crippen LogP) is 4.35. The molecule has 1 fully saturated rings. The summed E-state index contributed by atoms with van der Waals surface area (Å²) in [6, 6.07) is 6.00. The Morgan fingerprint density at radius 3 is 1.78 bits per heavy atom. The van der Waals surface area contributed by atoms with Gasteiger partial charge in [-0.3, -0.25) is 0 Å². The largest absolute Gasteiger partial charge is 0.430 e. The zero-order valence-electron chi connectivity index (χ0n) is 16.1. The zero-order chi connectivity index (χ0) is 24.2. The summed E-state index contributed by atoms with van der Waals surface area (Å²) in [5.74, 6) is -0.715. The lowest BCUT2D eigenvalue weighted by molar-refractivity contribution is -0.376. The second-order valence-corrected chi connectivity index (χ2v) is 9.89. The summed E-state index contributed by atoms with van der Waals surface area (Å²) in [5, 5.41) is 19.6. The van der Waals surface area contributed by atoms with Crippen LogP contribution in [0.1, 0.15) is 30.4 Å².